The zero-order chi connectivity index (χ0) is 11.7. The Kier molecular flexibility index (Phi) is 2.69. The molecule has 1 heterocycles. The predicted octanol–water partition coefficient (Wildman–Crippen LogP) is 2.21. The highest BCUT2D eigenvalue weighted by Crippen LogP contribution is 2.25. The van der Waals surface area contributed by atoms with Gasteiger partial charge in [0.05, 0.1) is 11.6 Å². The second-order valence-electron chi connectivity index (χ2n) is 4.13. The fraction of sp³-hybridized carbons (Fsp3) is 0.308. The van der Waals surface area contributed by atoms with Gasteiger partial charge in [0.2, 0.25) is 0 Å². The van der Waals surface area contributed by atoms with Crippen molar-refractivity contribution in [3.63, 3.8) is 0 Å². The van der Waals surface area contributed by atoms with E-state index in [2.05, 4.69) is 4.90 Å². The van der Waals surface area contributed by atoms with E-state index in [1.807, 2.05) is 38.1 Å². The number of hydrogen-bond donors (Lipinski definition) is 1. The molecule has 3 nitrogen and oxygen atoms in total. The number of nitrogens with zero attached hydrogens (tertiary/aromatic N) is 1. The largest absolute Gasteiger partial charge is 0.478 e. The minimum Gasteiger partial charge on any atom is -0.478 e. The van der Waals surface area contributed by atoms with E-state index < -0.39 is 5.97 Å². The molecule has 0 spiro atoms. The average Bonchev–Trinajstić information content (AvgIpc) is 2.61. The lowest BCUT2D eigenvalue weighted by molar-refractivity contribution is -0.132. The first-order chi connectivity index (χ1) is 7.59. The Hall–Kier alpha value is -1.77. The van der Waals surface area contributed by atoms with Crippen LogP contribution in [0.3, 0.4) is 0 Å². The summed E-state index contributed by atoms with van der Waals surface area (Å²) in [7, 11) is 0. The van der Waals surface area contributed by atoms with Crippen LogP contribution in [0.25, 0.3) is 0 Å². The van der Waals surface area contributed by atoms with Crippen LogP contribution in [0.15, 0.2) is 35.9 Å². The molecule has 0 radical (unpaired) electrons. The first-order valence-electron chi connectivity index (χ1n) is 5.36. The molecule has 84 valence electrons. The van der Waals surface area contributed by atoms with E-state index in [0.717, 1.165) is 5.69 Å². The van der Waals surface area contributed by atoms with Gasteiger partial charge >= 0.3 is 5.97 Å². The molecule has 0 aliphatic carbocycles. The lowest BCUT2D eigenvalue weighted by Gasteiger charge is -2.25. The van der Waals surface area contributed by atoms with Crippen LogP contribution in [0.4, 0.5) is 5.69 Å². The molecule has 0 aromatic heterocycles. The van der Waals surface area contributed by atoms with Crippen molar-refractivity contribution in [3.05, 3.63) is 41.5 Å². The third-order valence-electron chi connectivity index (χ3n) is 3.04. The van der Waals surface area contributed by atoms with Gasteiger partial charge in [0, 0.05) is 12.2 Å². The number of anilines is 1. The van der Waals surface area contributed by atoms with Crippen LogP contribution in [0.5, 0.6) is 0 Å². The van der Waals surface area contributed by atoms with E-state index in [1.54, 1.807) is 6.08 Å². The van der Waals surface area contributed by atoms with Crippen molar-refractivity contribution in [3.8, 4) is 0 Å². The third kappa shape index (κ3) is 1.81. The van der Waals surface area contributed by atoms with E-state index in [9.17, 15) is 4.79 Å². The summed E-state index contributed by atoms with van der Waals surface area (Å²) in [6, 6.07) is 8.09. The minimum atomic E-state index is -0.817. The number of carbonyl (C=O) groups is 1. The maximum Gasteiger partial charge on any atom is 0.333 e. The van der Waals surface area contributed by atoms with Crippen LogP contribution in [-0.4, -0.2) is 23.7 Å². The van der Waals surface area contributed by atoms with Gasteiger partial charge in [0.15, 0.2) is 0 Å². The van der Waals surface area contributed by atoms with Gasteiger partial charge in [-0.3, -0.25) is 0 Å². The first kappa shape index (κ1) is 10.7. The van der Waals surface area contributed by atoms with Gasteiger partial charge in [0.1, 0.15) is 0 Å². The fourth-order valence-electron chi connectivity index (χ4n) is 2.02. The number of aliphatic carboxylic acids is 1. The van der Waals surface area contributed by atoms with Crippen molar-refractivity contribution in [2.45, 2.75) is 19.9 Å². The second kappa shape index (κ2) is 4.00. The van der Waals surface area contributed by atoms with Crippen LogP contribution < -0.4 is 4.90 Å². The molecule has 0 bridgehead atoms. The van der Waals surface area contributed by atoms with Crippen LogP contribution in [0.2, 0.25) is 0 Å². The van der Waals surface area contributed by atoms with Crippen LogP contribution in [0, 0.1) is 6.92 Å². The van der Waals surface area contributed by atoms with Crippen molar-refractivity contribution < 1.29 is 9.90 Å². The van der Waals surface area contributed by atoms with E-state index in [0.29, 0.717) is 12.1 Å². The Labute approximate surface area is 95.0 Å². The smallest absolute Gasteiger partial charge is 0.333 e. The number of aryl methyl sites for hydroxylation is 1. The Morgan fingerprint density at radius 3 is 2.50 bits per heavy atom. The van der Waals surface area contributed by atoms with E-state index in [-0.39, 0.29) is 6.04 Å². The highest BCUT2D eigenvalue weighted by Gasteiger charge is 2.27. The van der Waals surface area contributed by atoms with Gasteiger partial charge in [-0.15, -0.1) is 0 Å². The highest BCUT2D eigenvalue weighted by molar-refractivity contribution is 5.90. The zero-order valence-corrected chi connectivity index (χ0v) is 9.47. The summed E-state index contributed by atoms with van der Waals surface area (Å²) in [5.74, 6) is -0.817. The lowest BCUT2D eigenvalue weighted by Crippen LogP contribution is -2.30. The summed E-state index contributed by atoms with van der Waals surface area (Å²) in [5, 5.41) is 9.00. The molecule has 0 fully saturated rings. The van der Waals surface area contributed by atoms with Crippen molar-refractivity contribution in [2.24, 2.45) is 0 Å². The molecule has 1 aliphatic rings. The summed E-state index contributed by atoms with van der Waals surface area (Å²) in [4.78, 5) is 13.0. The van der Waals surface area contributed by atoms with Gasteiger partial charge in [0.25, 0.3) is 0 Å². The molecule has 1 N–H and O–H groups in total. The van der Waals surface area contributed by atoms with Gasteiger partial charge in [-0.05, 0) is 26.0 Å². The number of rotatable bonds is 2. The predicted molar refractivity (Wildman–Crippen MR) is 63.7 cm³/mol. The van der Waals surface area contributed by atoms with Crippen molar-refractivity contribution in [2.75, 3.05) is 11.4 Å². The molecule has 0 amide bonds. The normalized spacial score (nSPS) is 19.8. The van der Waals surface area contributed by atoms with Crippen LogP contribution >= 0.6 is 0 Å². The average molecular weight is 217 g/mol. The van der Waals surface area contributed by atoms with E-state index in [1.165, 1.54) is 5.56 Å². The summed E-state index contributed by atoms with van der Waals surface area (Å²) in [5.41, 5.74) is 2.77. The topological polar surface area (TPSA) is 40.5 Å². The molecular formula is C13H15NO2. The van der Waals surface area contributed by atoms with Crippen LogP contribution in [0.1, 0.15) is 12.5 Å². The lowest BCUT2D eigenvalue weighted by atomic mass is 10.1. The maximum atomic E-state index is 10.9. The molecule has 16 heavy (non-hydrogen) atoms. The summed E-state index contributed by atoms with van der Waals surface area (Å²) in [6.07, 6.45) is 1.78. The molecule has 3 heteroatoms. The van der Waals surface area contributed by atoms with Gasteiger partial charge in [-0.2, -0.15) is 0 Å². The Morgan fingerprint density at radius 1 is 1.38 bits per heavy atom. The van der Waals surface area contributed by atoms with E-state index in [4.69, 9.17) is 5.11 Å². The van der Waals surface area contributed by atoms with Crippen molar-refractivity contribution >= 4 is 11.7 Å². The zero-order valence-electron chi connectivity index (χ0n) is 9.47. The molecule has 1 aliphatic heterocycles. The van der Waals surface area contributed by atoms with Gasteiger partial charge in [-0.25, -0.2) is 4.79 Å². The number of hydrogen-bond acceptors (Lipinski definition) is 2. The molecule has 1 atom stereocenters. The molecule has 1 unspecified atom stereocenters. The molecule has 2 rings (SSSR count). The van der Waals surface area contributed by atoms with Crippen molar-refractivity contribution in [1.82, 2.24) is 0 Å². The maximum absolute atomic E-state index is 10.9. The summed E-state index contributed by atoms with van der Waals surface area (Å²) < 4.78 is 0. The summed E-state index contributed by atoms with van der Waals surface area (Å²) in [6.45, 7) is 4.64. The SMILES string of the molecule is Cc1ccc(N2CC=C(C(=O)O)C2C)cc1. The molecule has 1 aromatic rings. The Balaban J connectivity index is 2.21. The minimum absolute atomic E-state index is 0.0554. The van der Waals surface area contributed by atoms with Gasteiger partial charge < -0.3 is 10.0 Å². The number of benzene rings is 1. The molecule has 0 saturated heterocycles. The standard InChI is InChI=1S/C13H15NO2/c1-9-3-5-11(6-4-9)14-8-7-12(10(14)2)13(15)16/h3-7,10H,8H2,1-2H3,(H,15,16). The molecule has 1 aromatic carbocycles. The summed E-state index contributed by atoms with van der Waals surface area (Å²) >= 11 is 0. The third-order valence-corrected chi connectivity index (χ3v) is 3.04. The monoisotopic (exact) mass is 217 g/mol. The fourth-order valence-corrected chi connectivity index (χ4v) is 2.02. The molecular weight excluding hydrogens is 202 g/mol. The highest BCUT2D eigenvalue weighted by atomic mass is 16.4. The Bertz CT molecular complexity index is 434. The second-order valence-corrected chi connectivity index (χ2v) is 4.13. The number of carboxylic acids is 1. The first-order valence-corrected chi connectivity index (χ1v) is 5.36. The quantitative estimate of drug-likeness (QED) is 0.825. The van der Waals surface area contributed by atoms with Gasteiger partial charge in [-0.1, -0.05) is 23.8 Å². The Morgan fingerprint density at radius 2 is 2.00 bits per heavy atom. The van der Waals surface area contributed by atoms with Crippen LogP contribution in [-0.2, 0) is 4.79 Å². The number of carboxylic acid groups (broad SMARTS) is 1. The van der Waals surface area contributed by atoms with Crippen molar-refractivity contribution in [1.29, 1.82) is 0 Å². The molecule has 0 saturated carbocycles. The van der Waals surface area contributed by atoms with E-state index >= 15 is 0 Å².